The molecule has 3 aromatic rings. The number of rotatable bonds is 3. The van der Waals surface area contributed by atoms with E-state index in [0.717, 1.165) is 5.56 Å². The van der Waals surface area contributed by atoms with E-state index in [0.29, 0.717) is 18.2 Å². The van der Waals surface area contributed by atoms with Crippen molar-refractivity contribution in [1.82, 2.24) is 10.2 Å². The van der Waals surface area contributed by atoms with Crippen molar-refractivity contribution in [1.29, 1.82) is 0 Å². The van der Waals surface area contributed by atoms with Crippen LogP contribution < -0.4 is 0 Å². The Morgan fingerprint density at radius 3 is 2.63 bits per heavy atom. The van der Waals surface area contributed by atoms with E-state index in [2.05, 4.69) is 40.5 Å². The molecule has 1 aromatic heterocycles. The van der Waals surface area contributed by atoms with Gasteiger partial charge < -0.3 is 4.42 Å². The number of nitrogens with zero attached hydrogens (tertiary/aromatic N) is 2. The molecule has 0 saturated heterocycles. The molecule has 0 amide bonds. The number of hydrogen-bond donors (Lipinski definition) is 0. The molecule has 0 spiro atoms. The van der Waals surface area contributed by atoms with Gasteiger partial charge >= 0.3 is 0 Å². The van der Waals surface area contributed by atoms with E-state index in [1.807, 2.05) is 19.1 Å². The van der Waals surface area contributed by atoms with Crippen molar-refractivity contribution < 1.29 is 4.42 Å². The van der Waals surface area contributed by atoms with Gasteiger partial charge in [0.1, 0.15) is 5.38 Å². The van der Waals surface area contributed by atoms with Crippen LogP contribution in [0.5, 0.6) is 0 Å². The highest BCUT2D eigenvalue weighted by Crippen LogP contribution is 2.20. The lowest BCUT2D eigenvalue weighted by atomic mass is 10.1. The summed E-state index contributed by atoms with van der Waals surface area (Å²) in [5, 5.41) is 10.1. The minimum absolute atomic E-state index is 0.252. The van der Waals surface area contributed by atoms with Gasteiger partial charge in [0, 0.05) is 0 Å². The molecule has 0 saturated carbocycles. The molecule has 19 heavy (non-hydrogen) atoms. The van der Waals surface area contributed by atoms with Crippen LogP contribution in [-0.2, 0) is 6.42 Å². The first-order chi connectivity index (χ1) is 9.22. The van der Waals surface area contributed by atoms with E-state index >= 15 is 0 Å². The van der Waals surface area contributed by atoms with E-state index < -0.39 is 0 Å². The van der Waals surface area contributed by atoms with E-state index in [9.17, 15) is 0 Å². The molecule has 0 fully saturated rings. The summed E-state index contributed by atoms with van der Waals surface area (Å²) in [6.07, 6.45) is 0.626. The Hall–Kier alpha value is -1.87. The summed E-state index contributed by atoms with van der Waals surface area (Å²) in [6, 6.07) is 14.6. The van der Waals surface area contributed by atoms with Crippen molar-refractivity contribution in [2.24, 2.45) is 0 Å². The molecule has 0 bridgehead atoms. The van der Waals surface area contributed by atoms with Gasteiger partial charge in [0.05, 0.1) is 6.42 Å². The van der Waals surface area contributed by atoms with Crippen LogP contribution in [0, 0.1) is 0 Å². The van der Waals surface area contributed by atoms with Crippen LogP contribution in [-0.4, -0.2) is 10.2 Å². The van der Waals surface area contributed by atoms with E-state index in [1.54, 1.807) is 0 Å². The van der Waals surface area contributed by atoms with E-state index in [-0.39, 0.29) is 5.38 Å². The van der Waals surface area contributed by atoms with Gasteiger partial charge in [-0.05, 0) is 23.3 Å². The zero-order valence-electron chi connectivity index (χ0n) is 10.5. The Labute approximate surface area is 116 Å². The molecule has 0 N–H and O–H groups in total. The Morgan fingerprint density at radius 2 is 1.89 bits per heavy atom. The summed E-state index contributed by atoms with van der Waals surface area (Å²) in [7, 11) is 0. The van der Waals surface area contributed by atoms with Crippen LogP contribution in [0.3, 0.4) is 0 Å². The average Bonchev–Trinajstić information content (AvgIpc) is 2.87. The number of alkyl halides is 1. The molecule has 0 aliphatic carbocycles. The SMILES string of the molecule is CC(Cl)c1nnc(Cc2ccc3ccccc3c2)o1. The van der Waals surface area contributed by atoms with Crippen molar-refractivity contribution in [3.05, 3.63) is 59.8 Å². The van der Waals surface area contributed by atoms with Crippen LogP contribution in [0.2, 0.25) is 0 Å². The standard InChI is InChI=1S/C15H13ClN2O/c1-10(16)15-18-17-14(19-15)9-11-6-7-12-4-2-3-5-13(12)8-11/h2-8,10H,9H2,1H3. The number of hydrogen-bond acceptors (Lipinski definition) is 3. The zero-order valence-corrected chi connectivity index (χ0v) is 11.3. The monoisotopic (exact) mass is 272 g/mol. The quantitative estimate of drug-likeness (QED) is 0.674. The lowest BCUT2D eigenvalue weighted by molar-refractivity contribution is 0.458. The minimum atomic E-state index is -0.252. The van der Waals surface area contributed by atoms with Crippen LogP contribution in [0.4, 0.5) is 0 Å². The Kier molecular flexibility index (Phi) is 3.22. The maximum Gasteiger partial charge on any atom is 0.234 e. The second-order valence-corrected chi connectivity index (χ2v) is 5.16. The van der Waals surface area contributed by atoms with Gasteiger partial charge in [-0.25, -0.2) is 0 Å². The highest BCUT2D eigenvalue weighted by atomic mass is 35.5. The average molecular weight is 273 g/mol. The Morgan fingerprint density at radius 1 is 1.11 bits per heavy atom. The molecular weight excluding hydrogens is 260 g/mol. The smallest absolute Gasteiger partial charge is 0.234 e. The second kappa shape index (κ2) is 5.02. The van der Waals surface area contributed by atoms with Gasteiger partial charge in [0.25, 0.3) is 0 Å². The number of fused-ring (bicyclic) bond motifs is 1. The topological polar surface area (TPSA) is 38.9 Å². The van der Waals surface area contributed by atoms with Gasteiger partial charge in [-0.15, -0.1) is 21.8 Å². The Bertz CT molecular complexity index is 706. The summed E-state index contributed by atoms with van der Waals surface area (Å²) >= 11 is 5.90. The third-order valence-corrected chi connectivity index (χ3v) is 3.18. The fraction of sp³-hybridized carbons (Fsp3) is 0.200. The van der Waals surface area contributed by atoms with Crippen molar-refractivity contribution >= 4 is 22.4 Å². The minimum Gasteiger partial charge on any atom is -0.423 e. The summed E-state index contributed by atoms with van der Waals surface area (Å²) < 4.78 is 5.51. The van der Waals surface area contributed by atoms with Crippen molar-refractivity contribution in [3.63, 3.8) is 0 Å². The molecule has 1 heterocycles. The van der Waals surface area contributed by atoms with Crippen LogP contribution in [0.1, 0.15) is 29.6 Å². The number of aromatic nitrogens is 2. The second-order valence-electron chi connectivity index (χ2n) is 4.51. The fourth-order valence-corrected chi connectivity index (χ4v) is 2.11. The zero-order chi connectivity index (χ0) is 13.2. The van der Waals surface area contributed by atoms with Crippen LogP contribution in [0.25, 0.3) is 10.8 Å². The van der Waals surface area contributed by atoms with Gasteiger partial charge in [0.15, 0.2) is 0 Å². The third kappa shape index (κ3) is 2.61. The summed E-state index contributed by atoms with van der Waals surface area (Å²) in [4.78, 5) is 0. The largest absolute Gasteiger partial charge is 0.423 e. The highest BCUT2D eigenvalue weighted by molar-refractivity contribution is 6.20. The van der Waals surface area contributed by atoms with Gasteiger partial charge in [-0.1, -0.05) is 42.5 Å². The highest BCUT2D eigenvalue weighted by Gasteiger charge is 2.11. The molecule has 1 atom stereocenters. The molecular formula is C15H13ClN2O. The van der Waals surface area contributed by atoms with Gasteiger partial charge in [-0.2, -0.15) is 0 Å². The molecule has 1 unspecified atom stereocenters. The molecule has 4 heteroatoms. The summed E-state index contributed by atoms with van der Waals surface area (Å²) in [5.41, 5.74) is 1.15. The van der Waals surface area contributed by atoms with Crippen molar-refractivity contribution in [2.75, 3.05) is 0 Å². The molecule has 3 rings (SSSR count). The van der Waals surface area contributed by atoms with Crippen LogP contribution >= 0.6 is 11.6 Å². The molecule has 3 nitrogen and oxygen atoms in total. The predicted octanol–water partition coefficient (Wildman–Crippen LogP) is 4.11. The van der Waals surface area contributed by atoms with Crippen molar-refractivity contribution in [2.45, 2.75) is 18.7 Å². The summed E-state index contributed by atoms with van der Waals surface area (Å²) in [5.74, 6) is 1.07. The van der Waals surface area contributed by atoms with Gasteiger partial charge in [-0.3, -0.25) is 0 Å². The normalized spacial score (nSPS) is 12.7. The maximum absolute atomic E-state index is 5.90. The molecule has 0 aliphatic heterocycles. The number of halogens is 1. The van der Waals surface area contributed by atoms with Gasteiger partial charge in [0.2, 0.25) is 11.8 Å². The van der Waals surface area contributed by atoms with E-state index in [1.165, 1.54) is 10.8 Å². The summed E-state index contributed by atoms with van der Waals surface area (Å²) in [6.45, 7) is 1.81. The molecule has 96 valence electrons. The predicted molar refractivity (Wildman–Crippen MR) is 75.3 cm³/mol. The third-order valence-electron chi connectivity index (χ3n) is 2.99. The lowest BCUT2D eigenvalue weighted by Crippen LogP contribution is -1.88. The lowest BCUT2D eigenvalue weighted by Gasteiger charge is -2.01. The van der Waals surface area contributed by atoms with E-state index in [4.69, 9.17) is 16.0 Å². The van der Waals surface area contributed by atoms with Crippen molar-refractivity contribution in [3.8, 4) is 0 Å². The molecule has 0 radical (unpaired) electrons. The fourth-order valence-electron chi connectivity index (χ4n) is 2.02. The molecule has 0 aliphatic rings. The maximum atomic E-state index is 5.90. The first-order valence-corrected chi connectivity index (χ1v) is 6.60. The number of benzene rings is 2. The molecule has 2 aromatic carbocycles. The first-order valence-electron chi connectivity index (χ1n) is 6.16. The first kappa shape index (κ1) is 12.2. The van der Waals surface area contributed by atoms with Crippen LogP contribution in [0.15, 0.2) is 46.9 Å². The Balaban J connectivity index is 1.87.